The summed E-state index contributed by atoms with van der Waals surface area (Å²) in [6.07, 6.45) is 2.50. The van der Waals surface area contributed by atoms with Gasteiger partial charge in [0.1, 0.15) is 5.75 Å². The second-order valence-corrected chi connectivity index (χ2v) is 7.51. The Morgan fingerprint density at radius 1 is 1.12 bits per heavy atom. The van der Waals surface area contributed by atoms with E-state index in [-0.39, 0.29) is 29.9 Å². The lowest BCUT2D eigenvalue weighted by Gasteiger charge is -2.16. The van der Waals surface area contributed by atoms with Crippen molar-refractivity contribution in [3.05, 3.63) is 59.7 Å². The number of nitrogens with one attached hydrogen (secondary N) is 2. The second-order valence-electron chi connectivity index (χ2n) is 7.51. The van der Waals surface area contributed by atoms with Crippen molar-refractivity contribution in [3.63, 3.8) is 0 Å². The molecule has 1 aliphatic rings. The molecule has 32 heavy (non-hydrogen) atoms. The molecule has 3 rings (SSSR count). The number of nitrogens with zero attached hydrogens (tertiary/aromatic N) is 2. The quantitative estimate of drug-likeness (QED) is 0.202. The van der Waals surface area contributed by atoms with Crippen LogP contribution in [0.5, 0.6) is 5.75 Å². The molecule has 2 aromatic rings. The van der Waals surface area contributed by atoms with Crippen molar-refractivity contribution in [1.29, 1.82) is 0 Å². The Bertz CT molecular complexity index is 874. The third-order valence-electron chi connectivity index (χ3n) is 5.11. The van der Waals surface area contributed by atoms with Gasteiger partial charge in [0, 0.05) is 65.0 Å². The summed E-state index contributed by atoms with van der Waals surface area (Å²) >= 11 is 0. The van der Waals surface area contributed by atoms with Crippen LogP contribution in [0.15, 0.2) is 53.5 Å². The molecule has 8 heteroatoms. The summed E-state index contributed by atoms with van der Waals surface area (Å²) in [5, 5.41) is 6.63. The maximum atomic E-state index is 11.8. The smallest absolute Gasteiger partial charge is 0.222 e. The average molecular weight is 552 g/mol. The molecule has 0 aliphatic carbocycles. The second kappa shape index (κ2) is 13.9. The van der Waals surface area contributed by atoms with Crippen molar-refractivity contribution in [2.75, 3.05) is 39.2 Å². The molecule has 174 valence electrons. The normalized spacial score (nSPS) is 13.6. The predicted octanol–water partition coefficient (Wildman–Crippen LogP) is 4.03. The molecule has 0 unspecified atom stereocenters. The van der Waals surface area contributed by atoms with Crippen LogP contribution in [-0.2, 0) is 22.6 Å². The van der Waals surface area contributed by atoms with E-state index in [0.717, 1.165) is 42.0 Å². The number of amides is 1. The fourth-order valence-electron chi connectivity index (χ4n) is 3.41. The summed E-state index contributed by atoms with van der Waals surface area (Å²) in [6, 6.07) is 16.2. The summed E-state index contributed by atoms with van der Waals surface area (Å²) in [6.45, 7) is 3.51. The first-order valence-corrected chi connectivity index (χ1v) is 10.7. The fourth-order valence-corrected chi connectivity index (χ4v) is 3.41. The van der Waals surface area contributed by atoms with Gasteiger partial charge in [0.05, 0.1) is 6.61 Å². The van der Waals surface area contributed by atoms with Gasteiger partial charge in [-0.2, -0.15) is 0 Å². The van der Waals surface area contributed by atoms with Crippen molar-refractivity contribution in [2.45, 2.75) is 32.4 Å². The molecule has 1 saturated heterocycles. The monoisotopic (exact) mass is 552 g/mol. The van der Waals surface area contributed by atoms with E-state index in [4.69, 9.17) is 9.47 Å². The Labute approximate surface area is 207 Å². The number of carbonyl (C=O) groups is 1. The predicted molar refractivity (Wildman–Crippen MR) is 139 cm³/mol. The summed E-state index contributed by atoms with van der Waals surface area (Å²) < 4.78 is 10.8. The van der Waals surface area contributed by atoms with Crippen molar-refractivity contribution in [3.8, 4) is 5.75 Å². The molecule has 0 bridgehead atoms. The molecule has 0 atom stereocenters. The molecule has 1 heterocycles. The van der Waals surface area contributed by atoms with Gasteiger partial charge < -0.3 is 25.0 Å². The van der Waals surface area contributed by atoms with E-state index < -0.39 is 0 Å². The van der Waals surface area contributed by atoms with E-state index in [2.05, 4.69) is 39.9 Å². The number of guanidine groups is 1. The lowest BCUT2D eigenvalue weighted by atomic mass is 10.1. The minimum Gasteiger partial charge on any atom is -0.493 e. The first-order valence-electron chi connectivity index (χ1n) is 10.7. The largest absolute Gasteiger partial charge is 0.493 e. The van der Waals surface area contributed by atoms with Crippen molar-refractivity contribution < 1.29 is 14.3 Å². The Balaban J connectivity index is 0.00000363. The van der Waals surface area contributed by atoms with Crippen LogP contribution < -0.4 is 15.4 Å². The van der Waals surface area contributed by atoms with Crippen LogP contribution in [0.25, 0.3) is 0 Å². The van der Waals surface area contributed by atoms with Gasteiger partial charge in [-0.3, -0.25) is 9.79 Å². The molecule has 1 amide bonds. The van der Waals surface area contributed by atoms with E-state index >= 15 is 0 Å². The standard InChI is InChI=1S/C24H32N4O3.HI/c1-25-24(27-21-6-3-7-22(16-21)31-15-5-14-30-2)26-17-19-9-11-20(12-10-19)18-28-13-4-8-23(28)29;/h3,6-7,9-12,16H,4-5,8,13-15,17-18H2,1-2H3,(H2,25,26,27);1H. The zero-order valence-corrected chi connectivity index (χ0v) is 21.1. The lowest BCUT2D eigenvalue weighted by Crippen LogP contribution is -2.30. The number of rotatable bonds is 10. The molecule has 0 aromatic heterocycles. The van der Waals surface area contributed by atoms with Gasteiger partial charge in [0.25, 0.3) is 0 Å². The van der Waals surface area contributed by atoms with Crippen LogP contribution in [0.4, 0.5) is 5.69 Å². The Kier molecular flexibility index (Phi) is 11.3. The number of halogens is 1. The van der Waals surface area contributed by atoms with Crippen molar-refractivity contribution in [2.24, 2.45) is 4.99 Å². The molecule has 2 N–H and O–H groups in total. The molecule has 1 aliphatic heterocycles. The number of hydrogen-bond donors (Lipinski definition) is 2. The number of ether oxygens (including phenoxy) is 2. The van der Waals surface area contributed by atoms with Crippen molar-refractivity contribution in [1.82, 2.24) is 10.2 Å². The van der Waals surface area contributed by atoms with Crippen LogP contribution in [0.1, 0.15) is 30.4 Å². The molecular formula is C24H33IN4O3. The minimum atomic E-state index is 0. The Morgan fingerprint density at radius 3 is 2.59 bits per heavy atom. The van der Waals surface area contributed by atoms with Crippen LogP contribution in [0, 0.1) is 0 Å². The highest BCUT2D eigenvalue weighted by atomic mass is 127. The fraction of sp³-hybridized carbons (Fsp3) is 0.417. The summed E-state index contributed by atoms with van der Waals surface area (Å²) in [5.41, 5.74) is 3.21. The van der Waals surface area contributed by atoms with Gasteiger partial charge >= 0.3 is 0 Å². The topological polar surface area (TPSA) is 75.2 Å². The minimum absolute atomic E-state index is 0. The number of methoxy groups -OCH3 is 1. The van der Waals surface area contributed by atoms with E-state index in [1.165, 1.54) is 0 Å². The highest BCUT2D eigenvalue weighted by Crippen LogP contribution is 2.18. The van der Waals surface area contributed by atoms with Gasteiger partial charge in [-0.15, -0.1) is 24.0 Å². The van der Waals surface area contributed by atoms with E-state index in [1.54, 1.807) is 14.2 Å². The molecule has 0 radical (unpaired) electrons. The average Bonchev–Trinajstić information content (AvgIpc) is 3.20. The Hall–Kier alpha value is -2.33. The van der Waals surface area contributed by atoms with E-state index in [9.17, 15) is 4.79 Å². The number of benzene rings is 2. The molecule has 0 saturated carbocycles. The zero-order valence-electron chi connectivity index (χ0n) is 18.8. The SMILES string of the molecule is CN=C(NCc1ccc(CN2CCCC2=O)cc1)Nc1cccc(OCCCOC)c1.I. The van der Waals surface area contributed by atoms with Crippen LogP contribution in [-0.4, -0.2) is 50.7 Å². The highest BCUT2D eigenvalue weighted by molar-refractivity contribution is 14.0. The van der Waals surface area contributed by atoms with Gasteiger partial charge in [0.15, 0.2) is 5.96 Å². The summed E-state index contributed by atoms with van der Waals surface area (Å²) in [5.74, 6) is 1.75. The van der Waals surface area contributed by atoms with Gasteiger partial charge in [0.2, 0.25) is 5.91 Å². The highest BCUT2D eigenvalue weighted by Gasteiger charge is 2.19. The number of carbonyl (C=O) groups excluding carboxylic acids is 1. The van der Waals surface area contributed by atoms with Crippen LogP contribution in [0.2, 0.25) is 0 Å². The van der Waals surface area contributed by atoms with Crippen molar-refractivity contribution >= 4 is 41.5 Å². The zero-order chi connectivity index (χ0) is 21.9. The molecule has 0 spiro atoms. The Morgan fingerprint density at radius 2 is 1.91 bits per heavy atom. The third-order valence-corrected chi connectivity index (χ3v) is 5.11. The number of likely N-dealkylation sites (tertiary alicyclic amines) is 1. The first kappa shape index (κ1) is 25.9. The lowest BCUT2D eigenvalue weighted by molar-refractivity contribution is -0.128. The summed E-state index contributed by atoms with van der Waals surface area (Å²) in [4.78, 5) is 18.0. The summed E-state index contributed by atoms with van der Waals surface area (Å²) in [7, 11) is 3.44. The van der Waals surface area contributed by atoms with E-state index in [0.29, 0.717) is 38.7 Å². The molecular weight excluding hydrogens is 519 g/mol. The molecule has 7 nitrogen and oxygen atoms in total. The van der Waals surface area contributed by atoms with Gasteiger partial charge in [-0.1, -0.05) is 30.3 Å². The molecule has 1 fully saturated rings. The number of hydrogen-bond acceptors (Lipinski definition) is 4. The number of anilines is 1. The maximum absolute atomic E-state index is 11.8. The van der Waals surface area contributed by atoms with E-state index in [1.807, 2.05) is 29.2 Å². The molecule has 2 aromatic carbocycles. The maximum Gasteiger partial charge on any atom is 0.222 e. The van der Waals surface area contributed by atoms with Gasteiger partial charge in [-0.25, -0.2) is 0 Å². The third kappa shape index (κ3) is 8.31. The number of aliphatic imine (C=N–C) groups is 1. The van der Waals surface area contributed by atoms with Gasteiger partial charge in [-0.05, 0) is 29.7 Å². The van der Waals surface area contributed by atoms with Crippen LogP contribution in [0.3, 0.4) is 0 Å². The first-order chi connectivity index (χ1) is 15.2. The van der Waals surface area contributed by atoms with Crippen LogP contribution >= 0.6 is 24.0 Å².